The Morgan fingerprint density at radius 3 is 2.06 bits per heavy atom. The van der Waals surface area contributed by atoms with Crippen LogP contribution in [0, 0.1) is 35.1 Å². The topological polar surface area (TPSA) is 25.8 Å². The molecule has 0 aliphatic carbocycles. The molecule has 0 unspecified atom stereocenters. The third kappa shape index (κ3) is 5.49. The molecule has 1 heterocycles. The molecule has 34 heavy (non-hydrogen) atoms. The van der Waals surface area contributed by atoms with E-state index < -0.39 is 23.3 Å². The molecule has 0 amide bonds. The SMILES string of the molecule is C=CCCc1cnc(CCc2cc(F)c(C#Cc3ccc4cc(F)c(F)cc4c3)c(F)c2)nc1. The molecule has 0 aliphatic heterocycles. The van der Waals surface area contributed by atoms with Gasteiger partial charge in [0.25, 0.3) is 0 Å². The summed E-state index contributed by atoms with van der Waals surface area (Å²) in [5.41, 5.74) is 1.56. The number of allylic oxidation sites excluding steroid dienone is 1. The Balaban J connectivity index is 1.48. The van der Waals surface area contributed by atoms with Crippen LogP contribution in [0.1, 0.15) is 34.5 Å². The highest BCUT2D eigenvalue weighted by atomic mass is 19.2. The summed E-state index contributed by atoms with van der Waals surface area (Å²) in [6.45, 7) is 3.69. The van der Waals surface area contributed by atoms with Gasteiger partial charge in [0.2, 0.25) is 0 Å². The van der Waals surface area contributed by atoms with Gasteiger partial charge in [0, 0.05) is 24.4 Å². The number of halogens is 4. The molecule has 2 nitrogen and oxygen atoms in total. The molecule has 0 spiro atoms. The van der Waals surface area contributed by atoms with E-state index >= 15 is 0 Å². The Kier molecular flexibility index (Phi) is 7.03. The summed E-state index contributed by atoms with van der Waals surface area (Å²) in [4.78, 5) is 8.61. The van der Waals surface area contributed by atoms with E-state index in [-0.39, 0.29) is 5.56 Å². The maximum Gasteiger partial charge on any atom is 0.159 e. The first-order valence-corrected chi connectivity index (χ1v) is 10.7. The molecule has 6 heteroatoms. The molecule has 0 N–H and O–H groups in total. The van der Waals surface area contributed by atoms with Crippen LogP contribution < -0.4 is 0 Å². The van der Waals surface area contributed by atoms with Gasteiger partial charge in [-0.2, -0.15) is 0 Å². The lowest BCUT2D eigenvalue weighted by Crippen LogP contribution is -2.01. The largest absolute Gasteiger partial charge is 0.241 e. The second-order valence-corrected chi connectivity index (χ2v) is 7.85. The van der Waals surface area contributed by atoms with Gasteiger partial charge in [-0.25, -0.2) is 27.5 Å². The number of aryl methyl sites for hydroxylation is 3. The van der Waals surface area contributed by atoms with E-state index in [9.17, 15) is 17.6 Å². The highest BCUT2D eigenvalue weighted by Gasteiger charge is 2.10. The van der Waals surface area contributed by atoms with Gasteiger partial charge in [-0.15, -0.1) is 6.58 Å². The second-order valence-electron chi connectivity index (χ2n) is 7.85. The van der Waals surface area contributed by atoms with Crippen molar-refractivity contribution in [2.45, 2.75) is 25.7 Å². The Hall–Kier alpha value is -3.98. The molecule has 0 fully saturated rings. The number of hydrogen-bond donors (Lipinski definition) is 0. The number of nitrogens with zero attached hydrogens (tertiary/aromatic N) is 2. The van der Waals surface area contributed by atoms with Crippen molar-refractivity contribution in [1.82, 2.24) is 9.97 Å². The molecular weight excluding hydrogens is 440 g/mol. The first kappa shape index (κ1) is 23.2. The number of benzene rings is 3. The summed E-state index contributed by atoms with van der Waals surface area (Å²) in [7, 11) is 0. The van der Waals surface area contributed by atoms with Crippen molar-refractivity contribution in [3.8, 4) is 11.8 Å². The summed E-state index contributed by atoms with van der Waals surface area (Å²) in [5, 5.41) is 0.944. The maximum absolute atomic E-state index is 14.6. The van der Waals surface area contributed by atoms with Crippen LogP contribution in [0.25, 0.3) is 10.8 Å². The van der Waals surface area contributed by atoms with Crippen molar-refractivity contribution >= 4 is 10.8 Å². The van der Waals surface area contributed by atoms with E-state index in [4.69, 9.17) is 0 Å². The fourth-order valence-electron chi connectivity index (χ4n) is 3.51. The summed E-state index contributed by atoms with van der Waals surface area (Å²) in [6, 6.07) is 9.35. The molecule has 4 aromatic rings. The summed E-state index contributed by atoms with van der Waals surface area (Å²) in [5.74, 6) is 2.36. The van der Waals surface area contributed by atoms with E-state index in [0.29, 0.717) is 40.6 Å². The monoisotopic (exact) mass is 460 g/mol. The van der Waals surface area contributed by atoms with Gasteiger partial charge in [-0.3, -0.25) is 0 Å². The van der Waals surface area contributed by atoms with Crippen molar-refractivity contribution in [2.75, 3.05) is 0 Å². The molecular formula is C28H20F4N2. The van der Waals surface area contributed by atoms with Crippen LogP contribution in [0.2, 0.25) is 0 Å². The minimum absolute atomic E-state index is 0.350. The number of aromatic nitrogens is 2. The van der Waals surface area contributed by atoms with Crippen LogP contribution in [0.4, 0.5) is 17.6 Å². The normalized spacial score (nSPS) is 10.7. The number of hydrogen-bond acceptors (Lipinski definition) is 2. The zero-order valence-electron chi connectivity index (χ0n) is 18.2. The molecule has 0 saturated heterocycles. The molecule has 0 bridgehead atoms. The smallest absolute Gasteiger partial charge is 0.159 e. The minimum Gasteiger partial charge on any atom is -0.241 e. The minimum atomic E-state index is -0.973. The lowest BCUT2D eigenvalue weighted by molar-refractivity contribution is 0.511. The molecule has 4 rings (SSSR count). The Morgan fingerprint density at radius 2 is 1.38 bits per heavy atom. The Morgan fingerprint density at radius 1 is 0.706 bits per heavy atom. The van der Waals surface area contributed by atoms with Gasteiger partial charge in [-0.05, 0) is 77.6 Å². The molecule has 0 radical (unpaired) electrons. The first-order valence-electron chi connectivity index (χ1n) is 10.7. The van der Waals surface area contributed by atoms with Crippen molar-refractivity contribution in [3.05, 3.63) is 119 Å². The highest BCUT2D eigenvalue weighted by molar-refractivity contribution is 5.84. The molecule has 0 atom stereocenters. The van der Waals surface area contributed by atoms with Gasteiger partial charge < -0.3 is 0 Å². The standard InChI is InChI=1S/C28H20F4N2/c1-2-3-4-20-16-33-28(34-17-20)10-7-19-12-24(29)23(25(30)13-19)9-6-18-5-8-21-14-26(31)27(32)15-22(21)11-18/h2,5,8,11-17H,1,3-4,7,10H2. The zero-order chi connectivity index (χ0) is 24.1. The molecule has 3 aromatic carbocycles. The summed E-state index contributed by atoms with van der Waals surface area (Å²) in [6.07, 6.45) is 7.82. The van der Waals surface area contributed by atoms with Gasteiger partial charge in [0.15, 0.2) is 11.6 Å². The van der Waals surface area contributed by atoms with Crippen molar-refractivity contribution < 1.29 is 17.6 Å². The van der Waals surface area contributed by atoms with Crippen LogP contribution in [0.5, 0.6) is 0 Å². The lowest BCUT2D eigenvalue weighted by Gasteiger charge is -2.05. The van der Waals surface area contributed by atoms with Crippen LogP contribution >= 0.6 is 0 Å². The predicted molar refractivity (Wildman–Crippen MR) is 124 cm³/mol. The molecule has 1 aromatic heterocycles. The fourth-order valence-corrected chi connectivity index (χ4v) is 3.51. The van der Waals surface area contributed by atoms with Crippen LogP contribution in [0.3, 0.4) is 0 Å². The fraction of sp³-hybridized carbons (Fsp3) is 0.143. The zero-order valence-corrected chi connectivity index (χ0v) is 18.2. The average molecular weight is 460 g/mol. The van der Waals surface area contributed by atoms with E-state index in [1.807, 2.05) is 6.08 Å². The van der Waals surface area contributed by atoms with Crippen molar-refractivity contribution in [1.29, 1.82) is 0 Å². The summed E-state index contributed by atoms with van der Waals surface area (Å²) < 4.78 is 56.0. The quantitative estimate of drug-likeness (QED) is 0.187. The van der Waals surface area contributed by atoms with Gasteiger partial charge in [-0.1, -0.05) is 24.0 Å². The number of fused-ring (bicyclic) bond motifs is 1. The van der Waals surface area contributed by atoms with Crippen LogP contribution in [-0.4, -0.2) is 9.97 Å². The molecule has 0 aliphatic rings. The Bertz CT molecular complexity index is 1390. The van der Waals surface area contributed by atoms with Crippen LogP contribution in [0.15, 0.2) is 67.5 Å². The van der Waals surface area contributed by atoms with Gasteiger partial charge in [0.05, 0.1) is 5.56 Å². The van der Waals surface area contributed by atoms with Crippen molar-refractivity contribution in [2.24, 2.45) is 0 Å². The van der Waals surface area contributed by atoms with Crippen molar-refractivity contribution in [3.63, 3.8) is 0 Å². The van der Waals surface area contributed by atoms with Gasteiger partial charge >= 0.3 is 0 Å². The maximum atomic E-state index is 14.6. The highest BCUT2D eigenvalue weighted by Crippen LogP contribution is 2.20. The lowest BCUT2D eigenvalue weighted by atomic mass is 10.0. The molecule has 0 saturated carbocycles. The second kappa shape index (κ2) is 10.3. The third-order valence-corrected chi connectivity index (χ3v) is 5.35. The molecule has 170 valence electrons. The van der Waals surface area contributed by atoms with E-state index in [0.717, 1.165) is 30.5 Å². The van der Waals surface area contributed by atoms with E-state index in [1.165, 1.54) is 18.2 Å². The van der Waals surface area contributed by atoms with Crippen LogP contribution in [-0.2, 0) is 19.3 Å². The van der Waals surface area contributed by atoms with E-state index in [1.54, 1.807) is 24.5 Å². The Labute approximate surface area is 195 Å². The third-order valence-electron chi connectivity index (χ3n) is 5.35. The number of rotatable bonds is 6. The van der Waals surface area contributed by atoms with E-state index in [2.05, 4.69) is 28.4 Å². The average Bonchev–Trinajstić information content (AvgIpc) is 2.82. The first-order chi connectivity index (χ1) is 16.4. The summed E-state index contributed by atoms with van der Waals surface area (Å²) >= 11 is 0. The predicted octanol–water partition coefficient (Wildman–Crippen LogP) is 6.49. The van der Waals surface area contributed by atoms with Gasteiger partial charge in [0.1, 0.15) is 17.5 Å².